The molecule has 0 aromatic heterocycles. The molecule has 39 heavy (non-hydrogen) atoms. The first-order chi connectivity index (χ1) is 17.8. The van der Waals surface area contributed by atoms with Gasteiger partial charge in [-0.1, -0.05) is 85.0 Å². The summed E-state index contributed by atoms with van der Waals surface area (Å²) in [7, 11) is -4.35. The van der Waals surface area contributed by atoms with Crippen LogP contribution in [0.5, 0.6) is 0 Å². The van der Waals surface area contributed by atoms with Crippen LogP contribution in [0.4, 0.5) is 0 Å². The Morgan fingerprint density at radius 1 is 1.08 bits per heavy atom. The first-order valence-electron chi connectivity index (χ1n) is 14.1. The Morgan fingerprint density at radius 2 is 1.72 bits per heavy atom. The number of amidine groups is 1. The van der Waals surface area contributed by atoms with E-state index in [0.717, 1.165) is 5.56 Å². The summed E-state index contributed by atoms with van der Waals surface area (Å²) in [5.74, 6) is 0.692. The van der Waals surface area contributed by atoms with Crippen molar-refractivity contribution < 1.29 is 14.3 Å². The number of hydrogen-bond acceptors (Lipinski definition) is 8. The predicted molar refractivity (Wildman–Crippen MR) is 166 cm³/mol. The zero-order valence-corrected chi connectivity index (χ0v) is 27.6. The molecule has 8 nitrogen and oxygen atoms in total. The molecule has 0 spiro atoms. The van der Waals surface area contributed by atoms with Crippen LogP contribution in [-0.4, -0.2) is 80.8 Å². The molecule has 3 aliphatic heterocycles. The lowest BCUT2D eigenvalue weighted by Gasteiger charge is -2.49. The van der Waals surface area contributed by atoms with Crippen LogP contribution in [0, 0.1) is 0 Å². The number of aliphatic imine (C=N–C) groups is 3. The first-order valence-corrected chi connectivity index (χ1v) is 20.0. The molecule has 4 rings (SSSR count). The normalized spacial score (nSPS) is 29.9. The standard InChI is InChI=1S/C29H49N5O3Si2/c1-26(2,3)38(7,8)29(35)17-23(37-22(29)18-36-39(9,10)27(4,5)6)34-20-32-24-25(34)31-19-33-28(24,30)16-21-14-12-11-13-15-21/h11-15,19,22-23,35H,16-18,20,30H2,1-10H3/t22-,23-,28?,29-/m1/s1. The molecule has 1 aromatic rings. The maximum atomic E-state index is 12.6. The van der Waals surface area contributed by atoms with Crippen LogP contribution in [-0.2, 0) is 15.6 Å². The fourth-order valence-electron chi connectivity index (χ4n) is 5.31. The lowest BCUT2D eigenvalue weighted by Crippen LogP contribution is -2.65. The molecule has 3 N–H and O–H groups in total. The number of hydrogen-bond donors (Lipinski definition) is 2. The third kappa shape index (κ3) is 5.36. The summed E-state index contributed by atoms with van der Waals surface area (Å²) >= 11 is 0. The van der Waals surface area contributed by atoms with Gasteiger partial charge in [-0.15, -0.1) is 0 Å². The highest BCUT2D eigenvalue weighted by molar-refractivity contribution is 6.83. The first kappa shape index (κ1) is 30.3. The van der Waals surface area contributed by atoms with Gasteiger partial charge in [0.1, 0.15) is 31.1 Å². The quantitative estimate of drug-likeness (QED) is 0.451. The van der Waals surface area contributed by atoms with Crippen molar-refractivity contribution in [3.8, 4) is 0 Å². The third-order valence-electron chi connectivity index (χ3n) is 10.1. The van der Waals surface area contributed by atoms with Crippen LogP contribution >= 0.6 is 0 Å². The van der Waals surface area contributed by atoms with Crippen molar-refractivity contribution in [1.29, 1.82) is 0 Å². The Hall–Kier alpha value is -1.70. The molecule has 1 saturated heterocycles. The zero-order valence-electron chi connectivity index (χ0n) is 25.6. The second-order valence-electron chi connectivity index (χ2n) is 14.6. The number of aliphatic hydroxyl groups is 1. The van der Waals surface area contributed by atoms with Crippen molar-refractivity contribution in [3.05, 3.63) is 35.9 Å². The van der Waals surface area contributed by atoms with E-state index in [0.29, 0.717) is 37.7 Å². The monoisotopic (exact) mass is 571 g/mol. The molecule has 3 aliphatic rings. The highest BCUT2D eigenvalue weighted by Gasteiger charge is 2.63. The highest BCUT2D eigenvalue weighted by Crippen LogP contribution is 2.50. The largest absolute Gasteiger partial charge is 0.414 e. The Balaban J connectivity index is 1.60. The van der Waals surface area contributed by atoms with Gasteiger partial charge in [-0.2, -0.15) is 0 Å². The summed E-state index contributed by atoms with van der Waals surface area (Å²) in [6, 6.07) is 10.1. The van der Waals surface area contributed by atoms with Gasteiger partial charge in [0.15, 0.2) is 19.8 Å². The maximum absolute atomic E-state index is 12.6. The van der Waals surface area contributed by atoms with Crippen LogP contribution in [0.3, 0.4) is 0 Å². The van der Waals surface area contributed by atoms with E-state index in [4.69, 9.17) is 19.9 Å². The summed E-state index contributed by atoms with van der Waals surface area (Å²) in [5, 5.41) is 11.6. The molecule has 0 radical (unpaired) electrons. The third-order valence-corrected chi connectivity index (χ3v) is 21.0. The molecule has 1 aromatic carbocycles. The van der Waals surface area contributed by atoms with Crippen molar-refractivity contribution in [2.75, 3.05) is 13.3 Å². The molecule has 1 fully saturated rings. The van der Waals surface area contributed by atoms with Crippen LogP contribution in [0.1, 0.15) is 53.5 Å². The molecular formula is C29H49N5O3Si2. The van der Waals surface area contributed by atoms with Crippen molar-refractivity contribution in [2.24, 2.45) is 20.7 Å². The number of nitrogens with zero attached hydrogens (tertiary/aromatic N) is 4. The van der Waals surface area contributed by atoms with Gasteiger partial charge < -0.3 is 24.9 Å². The second kappa shape index (κ2) is 9.99. The minimum Gasteiger partial charge on any atom is -0.414 e. The molecule has 1 unspecified atom stereocenters. The van der Waals surface area contributed by atoms with Gasteiger partial charge in [0.25, 0.3) is 0 Å². The van der Waals surface area contributed by atoms with Crippen molar-refractivity contribution >= 4 is 34.3 Å². The van der Waals surface area contributed by atoms with E-state index in [2.05, 4.69) is 94.7 Å². The predicted octanol–water partition coefficient (Wildman–Crippen LogP) is 4.95. The van der Waals surface area contributed by atoms with E-state index in [1.807, 2.05) is 18.2 Å². The van der Waals surface area contributed by atoms with Gasteiger partial charge in [-0.05, 0) is 28.7 Å². The van der Waals surface area contributed by atoms with E-state index < -0.39 is 33.4 Å². The summed E-state index contributed by atoms with van der Waals surface area (Å²) < 4.78 is 13.4. The molecule has 0 amide bonds. The van der Waals surface area contributed by atoms with Gasteiger partial charge in [0.05, 0.1) is 19.9 Å². The number of ether oxygens (including phenoxy) is 1. The molecule has 0 bridgehead atoms. The lowest BCUT2D eigenvalue weighted by atomic mass is 9.94. The van der Waals surface area contributed by atoms with Gasteiger partial charge in [0.2, 0.25) is 0 Å². The van der Waals surface area contributed by atoms with Crippen LogP contribution in [0.2, 0.25) is 36.3 Å². The highest BCUT2D eigenvalue weighted by atomic mass is 28.4. The Morgan fingerprint density at radius 3 is 2.31 bits per heavy atom. The van der Waals surface area contributed by atoms with E-state index in [9.17, 15) is 5.11 Å². The lowest BCUT2D eigenvalue weighted by molar-refractivity contribution is -0.0648. The summed E-state index contributed by atoms with van der Waals surface area (Å²) in [4.78, 5) is 16.1. The summed E-state index contributed by atoms with van der Waals surface area (Å²) in [5.41, 5.74) is 7.62. The Labute approximate surface area is 236 Å². The second-order valence-corrected chi connectivity index (χ2v) is 25.0. The summed E-state index contributed by atoms with van der Waals surface area (Å²) in [6.07, 6.45) is 1.72. The molecule has 0 aliphatic carbocycles. The number of fused-ring (bicyclic) bond motifs is 1. The van der Waals surface area contributed by atoms with Gasteiger partial charge in [-0.3, -0.25) is 4.99 Å². The molecule has 3 heterocycles. The van der Waals surface area contributed by atoms with Gasteiger partial charge >= 0.3 is 0 Å². The topological polar surface area (TPSA) is 105 Å². The van der Waals surface area contributed by atoms with Gasteiger partial charge in [-0.25, -0.2) is 9.98 Å². The van der Waals surface area contributed by atoms with Crippen LogP contribution in [0.15, 0.2) is 45.3 Å². The molecule has 0 saturated carbocycles. The number of benzene rings is 1. The maximum Gasteiger partial charge on any atom is 0.192 e. The Kier molecular flexibility index (Phi) is 7.75. The average molecular weight is 572 g/mol. The minimum atomic E-state index is -2.31. The number of nitrogens with two attached hydrogens (primary N) is 1. The van der Waals surface area contributed by atoms with E-state index in [1.54, 1.807) is 6.34 Å². The van der Waals surface area contributed by atoms with Gasteiger partial charge in [0, 0.05) is 12.8 Å². The van der Waals surface area contributed by atoms with Crippen molar-refractivity contribution in [2.45, 2.75) is 114 Å². The summed E-state index contributed by atoms with van der Waals surface area (Å²) in [6.45, 7) is 23.2. The fraction of sp³-hybridized carbons (Fsp3) is 0.690. The minimum absolute atomic E-state index is 0.0427. The molecular weight excluding hydrogens is 523 g/mol. The molecule has 10 heteroatoms. The smallest absolute Gasteiger partial charge is 0.192 e. The van der Waals surface area contributed by atoms with E-state index >= 15 is 0 Å². The van der Waals surface area contributed by atoms with Crippen LogP contribution in [0.25, 0.3) is 0 Å². The molecule has 216 valence electrons. The SMILES string of the molecule is CC(C)(C)[Si](C)(C)OC[C@H]1O[C@@H](N2CN=C3C2=NC=NC3(N)Cc2ccccc2)C[C@@]1(O)[Si](C)(C)C(C)(C)C. The zero-order chi connectivity index (χ0) is 29.1. The van der Waals surface area contributed by atoms with Crippen molar-refractivity contribution in [1.82, 2.24) is 4.90 Å². The van der Waals surface area contributed by atoms with Crippen molar-refractivity contribution in [3.63, 3.8) is 0 Å². The average Bonchev–Trinajstić information content (AvgIpc) is 3.40. The van der Waals surface area contributed by atoms with E-state index in [-0.39, 0.29) is 16.3 Å². The molecule has 4 atom stereocenters. The van der Waals surface area contributed by atoms with Crippen LogP contribution < -0.4 is 5.73 Å². The fourth-order valence-corrected chi connectivity index (χ4v) is 9.26. The number of rotatable bonds is 7. The van der Waals surface area contributed by atoms with E-state index in [1.165, 1.54) is 0 Å². The Bertz CT molecular complexity index is 1160.